The lowest BCUT2D eigenvalue weighted by molar-refractivity contribution is -0.262. The Kier molecular flexibility index (Phi) is 47.9. The average Bonchev–Trinajstić information content (AvgIpc) is 0.749. The predicted octanol–water partition coefficient (Wildman–Crippen LogP) is 7.42. The van der Waals surface area contributed by atoms with Crippen molar-refractivity contribution < 1.29 is 138 Å². The quantitative estimate of drug-likeness (QED) is 0.0138. The summed E-state index contributed by atoms with van der Waals surface area (Å²) in [6, 6.07) is 21.9. The molecule has 36 heteroatoms. The smallest absolute Gasteiger partial charge is 0.303 e. The normalized spacial score (nSPS) is 22.1. The molecule has 720 valence electrons. The van der Waals surface area contributed by atoms with E-state index in [1.54, 1.807) is 64.2 Å². The fourth-order valence-corrected chi connectivity index (χ4v) is 16.1. The van der Waals surface area contributed by atoms with Gasteiger partial charge >= 0.3 is 35.8 Å². The van der Waals surface area contributed by atoms with Crippen LogP contribution in [0, 0.1) is 17.8 Å². The molecule has 0 radical (unpaired) electrons. The number of nitrogens with zero attached hydrogens (tertiary/aromatic N) is 2. The molecule has 129 heavy (non-hydrogen) atoms. The molecule has 16 atom stereocenters. The third kappa shape index (κ3) is 37.1. The molecule has 0 spiro atoms. The highest BCUT2D eigenvalue weighted by atomic mass is 16.7. The lowest BCUT2D eigenvalue weighted by atomic mass is 9.80. The Morgan fingerprint density at radius 1 is 0.395 bits per heavy atom. The number of aliphatic hydroxyl groups excluding tert-OH is 1. The molecule has 0 saturated carbocycles. The third-order valence-electron chi connectivity index (χ3n) is 22.5. The number of hydrogen-bond acceptors (Lipinski definition) is 29. The molecular formula is C93H139N7O29. The summed E-state index contributed by atoms with van der Waals surface area (Å²) >= 11 is 0. The molecule has 3 heterocycles. The molecule has 0 aromatic heterocycles. The van der Waals surface area contributed by atoms with Crippen molar-refractivity contribution in [1.29, 1.82) is 0 Å². The molecule has 6 N–H and O–H groups in total. The highest BCUT2D eigenvalue weighted by molar-refractivity contribution is 5.81. The SMILES string of the molecule is COc1ccc(C(OCC(O)C(=O)N(CCCNC(=O)CCCCCCO[C@@H]2OC(COC(C)=O)[C@H](OC(C)=O)[C@H](C)C2NC(C)=O)CCCN(CCCNC(=O)CCCCCCO[C@@H]2OC(COC(C)=O)[C@H](OC(C)=O)[C@H](C)C2NC(C)=O)C(=O)CCCCCCO[C@@H]2OC(COC(C)=O)[C@H](OC(C)=O)[C@H](C)C2NC(C)=O)(c2ccccc2)c2ccc(OC)cc2)cc1. The van der Waals surface area contributed by atoms with E-state index in [9.17, 15) is 62.6 Å². The Labute approximate surface area is 757 Å². The molecule has 3 fully saturated rings. The maximum atomic E-state index is 15.1. The topological polar surface area (TPSA) is 447 Å². The van der Waals surface area contributed by atoms with Crippen LogP contribution in [0.5, 0.6) is 11.5 Å². The number of ether oxygens (including phenoxy) is 15. The summed E-state index contributed by atoms with van der Waals surface area (Å²) in [4.78, 5) is 169. The summed E-state index contributed by atoms with van der Waals surface area (Å²) < 4.78 is 87.7. The van der Waals surface area contributed by atoms with Gasteiger partial charge in [-0.3, -0.25) is 62.3 Å². The number of unbranched alkanes of at least 4 members (excludes halogenated alkanes) is 9. The second kappa shape index (κ2) is 57.3. The number of carbonyl (C=O) groups excluding carboxylic acids is 13. The molecular weight excluding hydrogens is 1680 g/mol. The molecule has 3 aromatic rings. The van der Waals surface area contributed by atoms with E-state index in [2.05, 4.69) is 26.6 Å². The van der Waals surface area contributed by atoms with Crippen LogP contribution in [0.1, 0.15) is 215 Å². The molecule has 6 rings (SSSR count). The van der Waals surface area contributed by atoms with E-state index in [4.69, 9.17) is 71.1 Å². The van der Waals surface area contributed by atoms with Gasteiger partial charge in [0, 0.05) is 158 Å². The number of nitrogens with one attached hydrogen (secondary N) is 5. The van der Waals surface area contributed by atoms with Crippen molar-refractivity contribution in [2.24, 2.45) is 17.8 Å². The Morgan fingerprint density at radius 2 is 0.721 bits per heavy atom. The molecule has 3 aliphatic heterocycles. The van der Waals surface area contributed by atoms with Crippen molar-refractivity contribution in [2.45, 2.75) is 284 Å². The van der Waals surface area contributed by atoms with Gasteiger partial charge in [-0.05, 0) is 98.7 Å². The minimum atomic E-state index is -1.73. The Bertz CT molecular complexity index is 3940. The van der Waals surface area contributed by atoms with Gasteiger partial charge in [0.05, 0.1) is 39.0 Å². The number of carbonyl (C=O) groups is 13. The Hall–Kier alpha value is -9.95. The molecule has 7 amide bonds. The summed E-state index contributed by atoms with van der Waals surface area (Å²) in [6.45, 7) is 17.4. The first kappa shape index (κ1) is 108. The minimum absolute atomic E-state index is 0.0625. The van der Waals surface area contributed by atoms with Crippen molar-refractivity contribution in [3.63, 3.8) is 0 Å². The van der Waals surface area contributed by atoms with E-state index in [1.807, 2.05) is 54.6 Å². The zero-order chi connectivity index (χ0) is 94.5. The van der Waals surface area contributed by atoms with Crippen LogP contribution in [0.15, 0.2) is 78.9 Å². The minimum Gasteiger partial charge on any atom is -0.497 e. The standard InChI is InChI=1S/C93H139N7O29/c1-59-83(96-62(4)101)90(127-77(56-120-65(7)104)86(59)124-68(10)107)117-52-27-18-15-24-35-80(111)94-46-30-48-99(82(113)37-26-17-20-29-54-119-92-85(98-64(6)103)61(3)88(126-70(12)109)79(129-92)58-122-67(9)106)50-32-51-100(89(114)76(110)55-123-93(71-33-22-21-23-34-71,72-38-42-74(115-13)43-39-72)73-40-44-75(116-14)45-41-73)49-31-47-95-81(112)36-25-16-19-28-53-118-91-84(97-63(5)102)60(2)87(125-69(11)108)78(128-91)57-121-66(8)105/h21-23,33-34,38-45,59-61,76-79,83-88,90-92,110H,15-20,24-32,35-37,46-58H2,1-14H3,(H,94,111)(H,95,112)(H,96,101)(H,97,102)(H,98,103)/t59-,60-,61-,76?,77?,78?,79?,83?,84?,85?,86-,87-,88-,90-,91-,92-/m1/s1. The average molecular weight is 1820 g/mol. The first-order chi connectivity index (χ1) is 61.6. The second-order valence-electron chi connectivity index (χ2n) is 32.9. The molecule has 3 saturated heterocycles. The maximum Gasteiger partial charge on any atom is 0.303 e. The number of methoxy groups -OCH3 is 2. The first-order valence-corrected chi connectivity index (χ1v) is 45.0. The van der Waals surface area contributed by atoms with Crippen molar-refractivity contribution in [3.8, 4) is 11.5 Å². The summed E-state index contributed by atoms with van der Waals surface area (Å²) in [5.74, 6) is -5.98. The number of rotatable bonds is 57. The van der Waals surface area contributed by atoms with Crippen molar-refractivity contribution in [3.05, 3.63) is 95.6 Å². The van der Waals surface area contributed by atoms with Gasteiger partial charge in [0.15, 0.2) is 25.0 Å². The van der Waals surface area contributed by atoms with Crippen LogP contribution in [-0.4, -0.2) is 272 Å². The van der Waals surface area contributed by atoms with Crippen molar-refractivity contribution in [1.82, 2.24) is 36.4 Å². The Balaban J connectivity index is 1.13. The zero-order valence-corrected chi connectivity index (χ0v) is 77.4. The molecule has 3 aliphatic rings. The number of aliphatic hydroxyl groups is 1. The van der Waals surface area contributed by atoms with E-state index in [1.165, 1.54) is 67.2 Å². The van der Waals surface area contributed by atoms with Gasteiger partial charge in [0.2, 0.25) is 35.4 Å². The summed E-state index contributed by atoms with van der Waals surface area (Å²) in [5, 5.41) is 26.8. The number of esters is 6. The maximum absolute atomic E-state index is 15.1. The van der Waals surface area contributed by atoms with Crippen LogP contribution >= 0.6 is 0 Å². The zero-order valence-electron chi connectivity index (χ0n) is 77.4. The van der Waals surface area contributed by atoms with E-state index in [0.29, 0.717) is 112 Å². The predicted molar refractivity (Wildman–Crippen MR) is 467 cm³/mol. The lowest BCUT2D eigenvalue weighted by Gasteiger charge is -2.44. The van der Waals surface area contributed by atoms with Crippen molar-refractivity contribution in [2.75, 3.05) is 99.7 Å². The van der Waals surface area contributed by atoms with Gasteiger partial charge in [0.25, 0.3) is 5.91 Å². The van der Waals surface area contributed by atoms with Crippen LogP contribution < -0.4 is 36.1 Å². The van der Waals surface area contributed by atoms with E-state index in [-0.39, 0.29) is 146 Å². The Morgan fingerprint density at radius 3 is 1.06 bits per heavy atom. The summed E-state index contributed by atoms with van der Waals surface area (Å²) in [7, 11) is 3.12. The molecule has 0 bridgehead atoms. The van der Waals surface area contributed by atoms with Crippen LogP contribution in [0.25, 0.3) is 0 Å². The van der Waals surface area contributed by atoms with Gasteiger partial charge in [-0.15, -0.1) is 0 Å². The highest BCUT2D eigenvalue weighted by Crippen LogP contribution is 2.43. The fourth-order valence-electron chi connectivity index (χ4n) is 16.1. The van der Waals surface area contributed by atoms with Gasteiger partial charge < -0.3 is 113 Å². The molecule has 3 aromatic carbocycles. The van der Waals surface area contributed by atoms with Gasteiger partial charge in [-0.25, -0.2) is 0 Å². The van der Waals surface area contributed by atoms with Gasteiger partial charge in [-0.1, -0.05) is 114 Å². The highest BCUT2D eigenvalue weighted by Gasteiger charge is 2.51. The van der Waals surface area contributed by atoms with E-state index in [0.717, 1.165) is 0 Å². The van der Waals surface area contributed by atoms with Crippen LogP contribution in [-0.2, 0) is 130 Å². The number of amides is 7. The van der Waals surface area contributed by atoms with E-state index < -0.39 is 151 Å². The molecule has 7 unspecified atom stereocenters. The molecule has 0 aliphatic carbocycles. The van der Waals surface area contributed by atoms with Crippen LogP contribution in [0.2, 0.25) is 0 Å². The number of benzene rings is 3. The van der Waals surface area contributed by atoms with Gasteiger partial charge in [0.1, 0.15) is 73.5 Å². The summed E-state index contributed by atoms with van der Waals surface area (Å²) in [6.07, 6.45) is -1.13. The lowest BCUT2D eigenvalue weighted by Crippen LogP contribution is -2.62. The van der Waals surface area contributed by atoms with E-state index >= 15 is 4.79 Å². The van der Waals surface area contributed by atoms with Crippen LogP contribution in [0.4, 0.5) is 0 Å². The summed E-state index contributed by atoms with van der Waals surface area (Å²) in [5.41, 5.74) is 0.619. The first-order valence-electron chi connectivity index (χ1n) is 45.0. The van der Waals surface area contributed by atoms with Gasteiger partial charge in [-0.2, -0.15) is 0 Å². The molecule has 36 nitrogen and oxygen atoms in total. The fraction of sp³-hybridized carbons (Fsp3) is 0.667. The largest absolute Gasteiger partial charge is 0.497 e. The third-order valence-corrected chi connectivity index (χ3v) is 22.5. The van der Waals surface area contributed by atoms with Crippen LogP contribution in [0.3, 0.4) is 0 Å². The monoisotopic (exact) mass is 1820 g/mol. The number of hydrogen-bond donors (Lipinski definition) is 6. The van der Waals surface area contributed by atoms with Crippen molar-refractivity contribution >= 4 is 77.2 Å². The second-order valence-corrected chi connectivity index (χ2v) is 32.9.